The van der Waals surface area contributed by atoms with Crippen molar-refractivity contribution < 1.29 is 23.4 Å². The molecule has 2 aromatic rings. The number of ether oxygens (including phenoxy) is 1. The van der Waals surface area contributed by atoms with Crippen LogP contribution >= 0.6 is 0 Å². The summed E-state index contributed by atoms with van der Waals surface area (Å²) in [5.41, 5.74) is -0.709. The third-order valence-corrected chi connectivity index (χ3v) is 3.27. The molecule has 0 aliphatic heterocycles. The van der Waals surface area contributed by atoms with Gasteiger partial charge in [-0.25, -0.2) is 18.3 Å². The molecule has 0 aliphatic carbocycles. The maximum Gasteiger partial charge on any atom is 0.356 e. The monoisotopic (exact) mass is 324 g/mol. The second-order valence-corrected chi connectivity index (χ2v) is 6.11. The minimum absolute atomic E-state index is 0.0204. The van der Waals surface area contributed by atoms with E-state index in [-0.39, 0.29) is 28.5 Å². The molecule has 0 amide bonds. The zero-order chi connectivity index (χ0) is 17.4. The lowest BCUT2D eigenvalue weighted by Gasteiger charge is -2.22. The Morgan fingerprint density at radius 1 is 1.30 bits per heavy atom. The van der Waals surface area contributed by atoms with Crippen LogP contribution in [0.4, 0.5) is 8.78 Å². The number of para-hydroxylation sites is 1. The molecule has 0 spiro atoms. The van der Waals surface area contributed by atoms with Gasteiger partial charge in [0.2, 0.25) is 5.88 Å². The number of alkyl halides is 2. The second-order valence-electron chi connectivity index (χ2n) is 6.11. The average molecular weight is 324 g/mol. The summed E-state index contributed by atoms with van der Waals surface area (Å²) in [6.07, 6.45) is -2.70. The van der Waals surface area contributed by atoms with Gasteiger partial charge >= 0.3 is 5.97 Å². The second kappa shape index (κ2) is 5.98. The van der Waals surface area contributed by atoms with Gasteiger partial charge < -0.3 is 9.84 Å². The molecule has 0 fully saturated rings. The molecule has 0 radical (unpaired) electrons. The molecule has 124 valence electrons. The summed E-state index contributed by atoms with van der Waals surface area (Å²) in [5.74, 6) is -1.08. The van der Waals surface area contributed by atoms with Crippen LogP contribution in [0.5, 0.6) is 11.6 Å². The molecular formula is C16H18F2N2O3. The van der Waals surface area contributed by atoms with Crippen LogP contribution in [-0.2, 0) is 5.54 Å². The van der Waals surface area contributed by atoms with E-state index in [0.29, 0.717) is 0 Å². The van der Waals surface area contributed by atoms with Crippen LogP contribution in [0.2, 0.25) is 0 Å². The van der Waals surface area contributed by atoms with Gasteiger partial charge in [-0.3, -0.25) is 0 Å². The summed E-state index contributed by atoms with van der Waals surface area (Å²) in [6, 6.07) is 5.75. The first-order valence-electron chi connectivity index (χ1n) is 7.01. The zero-order valence-corrected chi connectivity index (χ0v) is 13.3. The summed E-state index contributed by atoms with van der Waals surface area (Å²) in [7, 11) is 0. The largest absolute Gasteiger partial charge is 0.476 e. The van der Waals surface area contributed by atoms with Gasteiger partial charge in [0.25, 0.3) is 6.43 Å². The van der Waals surface area contributed by atoms with E-state index < -0.39 is 17.9 Å². The van der Waals surface area contributed by atoms with E-state index >= 15 is 0 Å². The summed E-state index contributed by atoms with van der Waals surface area (Å²) in [4.78, 5) is 11.3. The fourth-order valence-electron chi connectivity index (χ4n) is 2.12. The van der Waals surface area contributed by atoms with Crippen molar-refractivity contribution in [2.75, 3.05) is 0 Å². The van der Waals surface area contributed by atoms with Crippen LogP contribution in [0.15, 0.2) is 24.3 Å². The lowest BCUT2D eigenvalue weighted by atomic mass is 10.1. The fourth-order valence-corrected chi connectivity index (χ4v) is 2.12. The van der Waals surface area contributed by atoms with Crippen molar-refractivity contribution in [3.05, 3.63) is 41.1 Å². The number of rotatable bonds is 4. The van der Waals surface area contributed by atoms with Gasteiger partial charge in [0.05, 0.1) is 11.1 Å². The molecule has 2 rings (SSSR count). The van der Waals surface area contributed by atoms with E-state index in [1.165, 1.54) is 22.9 Å². The molecule has 0 unspecified atom stereocenters. The number of carboxylic acid groups (broad SMARTS) is 1. The maximum atomic E-state index is 13.1. The van der Waals surface area contributed by atoms with Crippen molar-refractivity contribution in [3.8, 4) is 11.6 Å². The van der Waals surface area contributed by atoms with Crippen LogP contribution in [0.1, 0.15) is 48.8 Å². The molecule has 0 aliphatic rings. The van der Waals surface area contributed by atoms with Crippen molar-refractivity contribution in [3.63, 3.8) is 0 Å². The number of benzene rings is 1. The highest BCUT2D eigenvalue weighted by Gasteiger charge is 2.28. The molecule has 7 heteroatoms. The van der Waals surface area contributed by atoms with Crippen LogP contribution in [0.3, 0.4) is 0 Å². The number of carboxylic acids is 1. The Hall–Kier alpha value is -2.44. The number of hydrogen-bond acceptors (Lipinski definition) is 3. The van der Waals surface area contributed by atoms with Crippen LogP contribution in [0.25, 0.3) is 0 Å². The first-order chi connectivity index (χ1) is 10.6. The quantitative estimate of drug-likeness (QED) is 0.907. The van der Waals surface area contributed by atoms with E-state index in [4.69, 9.17) is 4.74 Å². The van der Waals surface area contributed by atoms with E-state index in [1.54, 1.807) is 13.0 Å². The Kier molecular flexibility index (Phi) is 4.40. The number of aromatic nitrogens is 2. The number of nitrogens with zero attached hydrogens (tertiary/aromatic N) is 2. The van der Waals surface area contributed by atoms with Crippen LogP contribution < -0.4 is 4.74 Å². The molecule has 23 heavy (non-hydrogen) atoms. The first kappa shape index (κ1) is 16.9. The standard InChI is InChI=1S/C16H18F2N2O3/c1-9-12(15(21)22)19-20(16(2,3)4)14(9)23-11-8-6-5-7-10(11)13(17)18/h5-8,13H,1-4H3,(H,21,22). The molecule has 1 heterocycles. The molecule has 1 N–H and O–H groups in total. The van der Waals surface area contributed by atoms with Crippen LogP contribution in [-0.4, -0.2) is 20.9 Å². The predicted octanol–water partition coefficient (Wildman–Crippen LogP) is 4.37. The minimum Gasteiger partial charge on any atom is -0.476 e. The predicted molar refractivity (Wildman–Crippen MR) is 80.4 cm³/mol. The van der Waals surface area contributed by atoms with E-state index in [1.807, 2.05) is 20.8 Å². The van der Waals surface area contributed by atoms with Gasteiger partial charge in [-0.05, 0) is 39.8 Å². The highest BCUT2D eigenvalue weighted by Crippen LogP contribution is 2.36. The Balaban J connectivity index is 2.58. The third-order valence-electron chi connectivity index (χ3n) is 3.27. The van der Waals surface area contributed by atoms with Gasteiger partial charge in [0.15, 0.2) is 5.69 Å². The van der Waals surface area contributed by atoms with Crippen molar-refractivity contribution in [1.29, 1.82) is 0 Å². The van der Waals surface area contributed by atoms with Crippen molar-refractivity contribution in [1.82, 2.24) is 9.78 Å². The minimum atomic E-state index is -2.70. The normalized spacial score (nSPS) is 11.8. The Morgan fingerprint density at radius 2 is 1.91 bits per heavy atom. The third kappa shape index (κ3) is 3.33. The first-order valence-corrected chi connectivity index (χ1v) is 7.01. The van der Waals surface area contributed by atoms with Crippen molar-refractivity contribution in [2.45, 2.75) is 39.7 Å². The smallest absolute Gasteiger partial charge is 0.356 e. The highest BCUT2D eigenvalue weighted by atomic mass is 19.3. The van der Waals surface area contributed by atoms with Crippen LogP contribution in [0, 0.1) is 6.92 Å². The molecule has 0 saturated heterocycles. The Labute approximate surface area is 132 Å². The lowest BCUT2D eigenvalue weighted by molar-refractivity contribution is 0.0688. The van der Waals surface area contributed by atoms with E-state index in [0.717, 1.165) is 0 Å². The molecule has 1 aromatic heterocycles. The maximum absolute atomic E-state index is 13.1. The van der Waals surface area contributed by atoms with Crippen molar-refractivity contribution in [2.24, 2.45) is 0 Å². The topological polar surface area (TPSA) is 64.3 Å². The number of halogens is 2. The number of hydrogen-bond donors (Lipinski definition) is 1. The average Bonchev–Trinajstić information content (AvgIpc) is 2.77. The lowest BCUT2D eigenvalue weighted by Crippen LogP contribution is -2.24. The SMILES string of the molecule is Cc1c(C(=O)O)nn(C(C)(C)C)c1Oc1ccccc1C(F)F. The Bertz CT molecular complexity index is 733. The summed E-state index contributed by atoms with van der Waals surface area (Å²) < 4.78 is 33.2. The van der Waals surface area contributed by atoms with Gasteiger partial charge in [-0.2, -0.15) is 5.10 Å². The molecule has 5 nitrogen and oxygen atoms in total. The van der Waals surface area contributed by atoms with E-state index in [2.05, 4.69) is 5.10 Å². The zero-order valence-electron chi connectivity index (χ0n) is 13.3. The molecule has 0 bridgehead atoms. The number of carbonyl (C=O) groups is 1. The van der Waals surface area contributed by atoms with Gasteiger partial charge in [-0.15, -0.1) is 0 Å². The molecule has 0 saturated carbocycles. The van der Waals surface area contributed by atoms with Crippen molar-refractivity contribution >= 4 is 5.97 Å². The van der Waals surface area contributed by atoms with E-state index in [9.17, 15) is 18.7 Å². The molecule has 1 aromatic carbocycles. The summed E-state index contributed by atoms with van der Waals surface area (Å²) >= 11 is 0. The van der Waals surface area contributed by atoms with Gasteiger partial charge in [0, 0.05) is 5.56 Å². The van der Waals surface area contributed by atoms with Gasteiger partial charge in [0.1, 0.15) is 5.75 Å². The van der Waals surface area contributed by atoms with Gasteiger partial charge in [-0.1, -0.05) is 12.1 Å². The summed E-state index contributed by atoms with van der Waals surface area (Å²) in [5, 5.41) is 13.3. The summed E-state index contributed by atoms with van der Waals surface area (Å²) in [6.45, 7) is 6.99. The highest BCUT2D eigenvalue weighted by molar-refractivity contribution is 5.87. The molecular weight excluding hydrogens is 306 g/mol. The Morgan fingerprint density at radius 3 is 2.43 bits per heavy atom. The number of aromatic carboxylic acids is 1. The molecule has 0 atom stereocenters. The fraction of sp³-hybridized carbons (Fsp3) is 0.375.